The number of alkyl halides is 2. The van der Waals surface area contributed by atoms with Crippen molar-refractivity contribution in [2.75, 3.05) is 30.0 Å². The highest BCUT2D eigenvalue weighted by molar-refractivity contribution is 7.98. The van der Waals surface area contributed by atoms with Crippen molar-refractivity contribution in [2.45, 2.75) is 37.4 Å². The molecule has 3 aromatic rings. The molecule has 33 heavy (non-hydrogen) atoms. The molecule has 1 aliphatic rings. The molecule has 2 atom stereocenters. The largest absolute Gasteiger partial charge is 0.364 e. The van der Waals surface area contributed by atoms with Gasteiger partial charge in [0.1, 0.15) is 17.4 Å². The number of likely N-dealkylation sites (tertiary alicyclic amines) is 1. The van der Waals surface area contributed by atoms with Crippen LogP contribution in [0.15, 0.2) is 30.1 Å². The maximum absolute atomic E-state index is 12.6. The number of anilines is 3. The van der Waals surface area contributed by atoms with E-state index in [1.54, 1.807) is 4.90 Å². The van der Waals surface area contributed by atoms with Gasteiger partial charge in [0.15, 0.2) is 5.65 Å². The fourth-order valence-electron chi connectivity index (χ4n) is 3.77. The molecular formula is C20H25F2N9OS. The zero-order chi connectivity index (χ0) is 23.5. The van der Waals surface area contributed by atoms with E-state index in [9.17, 15) is 13.6 Å². The lowest BCUT2D eigenvalue weighted by Crippen LogP contribution is -2.48. The Kier molecular flexibility index (Phi) is 6.77. The molecule has 13 heteroatoms. The summed E-state index contributed by atoms with van der Waals surface area (Å²) in [5.74, 6) is 1.04. The fraction of sp³-hybridized carbons (Fsp3) is 0.450. The molecule has 10 nitrogen and oxygen atoms in total. The van der Waals surface area contributed by atoms with Crippen LogP contribution in [-0.4, -0.2) is 72.6 Å². The molecule has 0 spiro atoms. The monoisotopic (exact) mass is 477 g/mol. The van der Waals surface area contributed by atoms with Gasteiger partial charge < -0.3 is 15.5 Å². The summed E-state index contributed by atoms with van der Waals surface area (Å²) in [7, 11) is 0. The number of hydrogen-bond acceptors (Lipinski definition) is 8. The summed E-state index contributed by atoms with van der Waals surface area (Å²) in [6.45, 7) is 6.43. The van der Waals surface area contributed by atoms with Gasteiger partial charge in [-0.3, -0.25) is 14.6 Å². The topological polar surface area (TPSA) is 117 Å². The van der Waals surface area contributed by atoms with Crippen molar-refractivity contribution >= 4 is 46.2 Å². The zero-order valence-electron chi connectivity index (χ0n) is 18.3. The van der Waals surface area contributed by atoms with Crippen molar-refractivity contribution in [3.8, 4) is 0 Å². The Hall–Kier alpha value is -3.22. The van der Waals surface area contributed by atoms with Crippen LogP contribution in [0.5, 0.6) is 0 Å². The number of aromatic nitrogens is 6. The Morgan fingerprint density at radius 2 is 2.27 bits per heavy atom. The standard InChI is InChI=1S/C20H25F2N9OS/c1-4-15(32)30-6-5-11(2)13(9-30)25-17-16-18(28-29-19(16)33-3)27-20(26-17)24-12-7-23-31(8-12)10-14(21)22/h4,7-8,11,13-14H,1,5-6,9-10H2,2-3H3,(H3,24,25,26,27,28,29)/t11-,13+/m1/s1. The molecule has 0 aromatic carbocycles. The van der Waals surface area contributed by atoms with Gasteiger partial charge >= 0.3 is 0 Å². The molecule has 3 N–H and O–H groups in total. The maximum Gasteiger partial charge on any atom is 0.257 e. The Morgan fingerprint density at radius 3 is 3.00 bits per heavy atom. The lowest BCUT2D eigenvalue weighted by atomic mass is 9.93. The molecule has 176 valence electrons. The summed E-state index contributed by atoms with van der Waals surface area (Å²) >= 11 is 1.46. The van der Waals surface area contributed by atoms with Crippen molar-refractivity contribution in [1.29, 1.82) is 0 Å². The van der Waals surface area contributed by atoms with Crippen LogP contribution in [0.25, 0.3) is 11.0 Å². The molecule has 0 saturated carbocycles. The number of carbonyl (C=O) groups excluding carboxylic acids is 1. The Balaban J connectivity index is 1.63. The maximum atomic E-state index is 12.6. The first kappa shape index (κ1) is 23.0. The van der Waals surface area contributed by atoms with E-state index < -0.39 is 13.0 Å². The first-order valence-corrected chi connectivity index (χ1v) is 11.7. The smallest absolute Gasteiger partial charge is 0.257 e. The summed E-state index contributed by atoms with van der Waals surface area (Å²) in [5.41, 5.74) is 1.01. The van der Waals surface area contributed by atoms with E-state index >= 15 is 0 Å². The van der Waals surface area contributed by atoms with Gasteiger partial charge in [-0.05, 0) is 24.7 Å². The number of nitrogens with one attached hydrogen (secondary N) is 3. The van der Waals surface area contributed by atoms with Crippen LogP contribution in [0, 0.1) is 5.92 Å². The lowest BCUT2D eigenvalue weighted by Gasteiger charge is -2.37. The predicted molar refractivity (Wildman–Crippen MR) is 123 cm³/mol. The van der Waals surface area contributed by atoms with Crippen molar-refractivity contribution in [1.82, 2.24) is 34.8 Å². The summed E-state index contributed by atoms with van der Waals surface area (Å²) in [6.07, 6.45) is 4.49. The number of aromatic amines is 1. The van der Waals surface area contributed by atoms with E-state index in [1.165, 1.54) is 30.2 Å². The summed E-state index contributed by atoms with van der Waals surface area (Å²) in [5, 5.41) is 19.2. The van der Waals surface area contributed by atoms with E-state index in [0.29, 0.717) is 36.2 Å². The van der Waals surface area contributed by atoms with E-state index in [-0.39, 0.29) is 17.9 Å². The molecule has 4 heterocycles. The third-order valence-electron chi connectivity index (χ3n) is 5.56. The van der Waals surface area contributed by atoms with Gasteiger partial charge in [-0.25, -0.2) is 8.78 Å². The number of piperidine rings is 1. The van der Waals surface area contributed by atoms with Crippen LogP contribution in [0.4, 0.5) is 26.2 Å². The Morgan fingerprint density at radius 1 is 1.45 bits per heavy atom. The van der Waals surface area contributed by atoms with E-state index in [0.717, 1.165) is 21.5 Å². The van der Waals surface area contributed by atoms with Gasteiger partial charge in [0.05, 0.1) is 17.3 Å². The second kappa shape index (κ2) is 9.73. The van der Waals surface area contributed by atoms with Gasteiger partial charge in [-0.15, -0.1) is 11.8 Å². The van der Waals surface area contributed by atoms with E-state index in [2.05, 4.69) is 49.4 Å². The molecule has 1 amide bonds. The highest BCUT2D eigenvalue weighted by Crippen LogP contribution is 2.32. The normalized spacial score (nSPS) is 18.6. The quantitative estimate of drug-likeness (QED) is 0.335. The van der Waals surface area contributed by atoms with Gasteiger partial charge in [-0.2, -0.15) is 20.2 Å². The van der Waals surface area contributed by atoms with Crippen LogP contribution in [0.2, 0.25) is 0 Å². The van der Waals surface area contributed by atoms with Crippen molar-refractivity contribution in [3.63, 3.8) is 0 Å². The number of hydrogen-bond donors (Lipinski definition) is 3. The molecule has 0 bridgehead atoms. The first-order chi connectivity index (χ1) is 15.9. The third kappa shape index (κ3) is 5.07. The van der Waals surface area contributed by atoms with Crippen molar-refractivity contribution < 1.29 is 13.6 Å². The molecule has 1 aliphatic heterocycles. The minimum Gasteiger partial charge on any atom is -0.364 e. The van der Waals surface area contributed by atoms with Crippen LogP contribution >= 0.6 is 11.8 Å². The molecule has 1 saturated heterocycles. The first-order valence-electron chi connectivity index (χ1n) is 10.4. The van der Waals surface area contributed by atoms with Crippen molar-refractivity contribution in [2.24, 2.45) is 5.92 Å². The molecular weight excluding hydrogens is 452 g/mol. The number of rotatable bonds is 8. The SMILES string of the molecule is C=CC(=O)N1CC[C@@H](C)[C@@H](Nc2nc(Nc3cnn(CC(F)F)c3)nc3[nH]nc(SC)c23)C1. The predicted octanol–water partition coefficient (Wildman–Crippen LogP) is 3.11. The van der Waals surface area contributed by atoms with Crippen molar-refractivity contribution in [3.05, 3.63) is 25.0 Å². The average Bonchev–Trinajstić information content (AvgIpc) is 3.40. The number of amides is 1. The second-order valence-corrected chi connectivity index (χ2v) is 8.62. The highest BCUT2D eigenvalue weighted by Gasteiger charge is 2.29. The highest BCUT2D eigenvalue weighted by atomic mass is 32.2. The minimum absolute atomic E-state index is 0.0352. The minimum atomic E-state index is -2.50. The van der Waals surface area contributed by atoms with Crippen LogP contribution in [-0.2, 0) is 11.3 Å². The Labute approximate surface area is 193 Å². The molecule has 0 unspecified atom stereocenters. The number of fused-ring (bicyclic) bond motifs is 1. The van der Waals surface area contributed by atoms with Crippen LogP contribution < -0.4 is 10.6 Å². The molecule has 0 aliphatic carbocycles. The van der Waals surface area contributed by atoms with Gasteiger partial charge in [0.25, 0.3) is 6.43 Å². The molecule has 1 fully saturated rings. The summed E-state index contributed by atoms with van der Waals surface area (Å²) in [6, 6.07) is -0.0352. The average molecular weight is 478 g/mol. The number of thioether (sulfide) groups is 1. The van der Waals surface area contributed by atoms with Gasteiger partial charge in [0, 0.05) is 25.3 Å². The Bertz CT molecular complexity index is 1150. The van der Waals surface area contributed by atoms with Gasteiger partial charge in [0.2, 0.25) is 11.9 Å². The summed E-state index contributed by atoms with van der Waals surface area (Å²) in [4.78, 5) is 23.0. The van der Waals surface area contributed by atoms with Crippen LogP contribution in [0.1, 0.15) is 13.3 Å². The fourth-order valence-corrected chi connectivity index (χ4v) is 4.31. The van der Waals surface area contributed by atoms with E-state index in [1.807, 2.05) is 6.26 Å². The molecule has 0 radical (unpaired) electrons. The molecule has 4 rings (SSSR count). The zero-order valence-corrected chi connectivity index (χ0v) is 19.1. The van der Waals surface area contributed by atoms with E-state index in [4.69, 9.17) is 0 Å². The number of halogens is 2. The second-order valence-electron chi connectivity index (χ2n) is 7.82. The lowest BCUT2D eigenvalue weighted by molar-refractivity contribution is -0.127. The summed E-state index contributed by atoms with van der Waals surface area (Å²) < 4.78 is 26.4. The third-order valence-corrected chi connectivity index (χ3v) is 6.24. The number of carbonyl (C=O) groups is 1. The van der Waals surface area contributed by atoms with Gasteiger partial charge in [-0.1, -0.05) is 13.5 Å². The molecule has 3 aromatic heterocycles. The number of nitrogens with zero attached hydrogens (tertiary/aromatic N) is 6. The van der Waals surface area contributed by atoms with Crippen LogP contribution in [0.3, 0.4) is 0 Å². The number of H-pyrrole nitrogens is 1.